The number of rotatable bonds is 5. The zero-order chi connectivity index (χ0) is 17.8. The summed E-state index contributed by atoms with van der Waals surface area (Å²) in [6, 6.07) is 18.7. The van der Waals surface area contributed by atoms with Crippen LogP contribution in [0.15, 0.2) is 82.9 Å². The summed E-state index contributed by atoms with van der Waals surface area (Å²) in [5.41, 5.74) is 2.09. The molecule has 0 spiro atoms. The van der Waals surface area contributed by atoms with Crippen LogP contribution in [0.4, 0.5) is 0 Å². The lowest BCUT2D eigenvalue weighted by atomic mass is 10.0. The SMILES string of the molecule is O=C(NC(c1ccccc1)c1ccccn1)c1csc(-c2ccco2)n1. The lowest BCUT2D eigenvalue weighted by Crippen LogP contribution is -2.30. The largest absolute Gasteiger partial charge is 0.462 e. The predicted octanol–water partition coefficient (Wildman–Crippen LogP) is 4.32. The number of thiazole rings is 1. The van der Waals surface area contributed by atoms with Crippen LogP contribution < -0.4 is 5.32 Å². The summed E-state index contributed by atoms with van der Waals surface area (Å²) < 4.78 is 5.34. The third-order valence-corrected chi connectivity index (χ3v) is 4.72. The first kappa shape index (κ1) is 16.2. The van der Waals surface area contributed by atoms with Gasteiger partial charge in [-0.1, -0.05) is 36.4 Å². The van der Waals surface area contributed by atoms with Crippen molar-refractivity contribution < 1.29 is 9.21 Å². The molecule has 0 aliphatic rings. The van der Waals surface area contributed by atoms with Gasteiger partial charge in [0, 0.05) is 11.6 Å². The standard InChI is InChI=1S/C20H15N3O2S/c24-19(16-13-26-20(22-16)17-10-6-12-25-17)23-18(14-7-2-1-3-8-14)15-9-4-5-11-21-15/h1-13,18H,(H,23,24). The van der Waals surface area contributed by atoms with Crippen LogP contribution in [0.1, 0.15) is 27.8 Å². The van der Waals surface area contributed by atoms with Crippen molar-refractivity contribution in [1.29, 1.82) is 0 Å². The molecule has 3 aromatic heterocycles. The van der Waals surface area contributed by atoms with Gasteiger partial charge >= 0.3 is 0 Å². The van der Waals surface area contributed by atoms with Crippen LogP contribution >= 0.6 is 11.3 Å². The van der Waals surface area contributed by atoms with Crippen molar-refractivity contribution >= 4 is 17.2 Å². The minimum Gasteiger partial charge on any atom is -0.462 e. The number of carbonyl (C=O) groups excluding carboxylic acids is 1. The van der Waals surface area contributed by atoms with Gasteiger partial charge in [-0.2, -0.15) is 0 Å². The maximum absolute atomic E-state index is 12.8. The van der Waals surface area contributed by atoms with Gasteiger partial charge in [0.05, 0.1) is 18.0 Å². The first-order chi connectivity index (χ1) is 12.8. The average molecular weight is 361 g/mol. The van der Waals surface area contributed by atoms with E-state index >= 15 is 0 Å². The van der Waals surface area contributed by atoms with Crippen LogP contribution in [-0.2, 0) is 0 Å². The van der Waals surface area contributed by atoms with Crippen LogP contribution in [0.2, 0.25) is 0 Å². The van der Waals surface area contributed by atoms with Gasteiger partial charge in [-0.05, 0) is 29.8 Å². The summed E-state index contributed by atoms with van der Waals surface area (Å²) in [5, 5.41) is 5.44. The lowest BCUT2D eigenvalue weighted by molar-refractivity contribution is 0.0938. The van der Waals surface area contributed by atoms with E-state index in [1.165, 1.54) is 11.3 Å². The van der Waals surface area contributed by atoms with Crippen LogP contribution in [0.25, 0.3) is 10.8 Å². The Hall–Kier alpha value is -3.25. The molecular weight excluding hydrogens is 346 g/mol. The highest BCUT2D eigenvalue weighted by Gasteiger charge is 2.21. The zero-order valence-corrected chi connectivity index (χ0v) is 14.5. The van der Waals surface area contributed by atoms with Crippen molar-refractivity contribution in [2.45, 2.75) is 6.04 Å². The number of carbonyl (C=O) groups is 1. The Kier molecular flexibility index (Phi) is 4.57. The molecule has 0 aliphatic heterocycles. The predicted molar refractivity (Wildman–Crippen MR) is 99.8 cm³/mol. The number of hydrogen-bond acceptors (Lipinski definition) is 5. The Balaban J connectivity index is 1.61. The molecule has 4 rings (SSSR count). The molecule has 26 heavy (non-hydrogen) atoms. The number of benzene rings is 1. The molecule has 128 valence electrons. The molecule has 1 aromatic carbocycles. The van der Waals surface area contributed by atoms with E-state index in [0.29, 0.717) is 16.5 Å². The fourth-order valence-corrected chi connectivity index (χ4v) is 3.38. The van der Waals surface area contributed by atoms with E-state index in [1.807, 2.05) is 54.6 Å². The third kappa shape index (κ3) is 3.41. The molecule has 0 radical (unpaired) electrons. The molecule has 3 heterocycles. The maximum atomic E-state index is 12.8. The summed E-state index contributed by atoms with van der Waals surface area (Å²) in [5.74, 6) is 0.400. The highest BCUT2D eigenvalue weighted by Crippen LogP contribution is 2.25. The van der Waals surface area contributed by atoms with Crippen molar-refractivity contribution in [2.75, 3.05) is 0 Å². The molecule has 0 saturated heterocycles. The molecular formula is C20H15N3O2S. The summed E-state index contributed by atoms with van der Waals surface area (Å²) in [6.07, 6.45) is 3.30. The molecule has 1 atom stereocenters. The molecule has 5 nitrogen and oxygen atoms in total. The van der Waals surface area contributed by atoms with Crippen LogP contribution in [0.5, 0.6) is 0 Å². The second-order valence-electron chi connectivity index (χ2n) is 5.59. The normalized spacial score (nSPS) is 11.8. The Morgan fingerprint density at radius 1 is 1.04 bits per heavy atom. The van der Waals surface area contributed by atoms with Gasteiger partial charge in [0.1, 0.15) is 5.69 Å². The summed E-state index contributed by atoms with van der Waals surface area (Å²) in [7, 11) is 0. The third-order valence-electron chi connectivity index (χ3n) is 3.86. The van der Waals surface area contributed by atoms with Crippen molar-refractivity contribution in [2.24, 2.45) is 0 Å². The fourth-order valence-electron chi connectivity index (χ4n) is 2.62. The fraction of sp³-hybridized carbons (Fsp3) is 0.0500. The number of nitrogens with zero attached hydrogens (tertiary/aromatic N) is 2. The molecule has 0 fully saturated rings. The first-order valence-corrected chi connectivity index (χ1v) is 8.95. The van der Waals surface area contributed by atoms with Gasteiger partial charge in [-0.15, -0.1) is 11.3 Å². The van der Waals surface area contributed by atoms with Crippen LogP contribution in [-0.4, -0.2) is 15.9 Å². The van der Waals surface area contributed by atoms with E-state index in [2.05, 4.69) is 15.3 Å². The van der Waals surface area contributed by atoms with Crippen LogP contribution in [0, 0.1) is 0 Å². The second kappa shape index (κ2) is 7.33. The molecule has 0 aliphatic carbocycles. The Bertz CT molecular complexity index is 943. The molecule has 0 saturated carbocycles. The van der Waals surface area contributed by atoms with Gasteiger partial charge < -0.3 is 9.73 Å². The minimum atomic E-state index is -0.348. The molecule has 1 unspecified atom stereocenters. The number of amides is 1. The van der Waals surface area contributed by atoms with E-state index in [9.17, 15) is 4.79 Å². The van der Waals surface area contributed by atoms with Gasteiger partial charge in [0.25, 0.3) is 5.91 Å². The molecule has 0 bridgehead atoms. The smallest absolute Gasteiger partial charge is 0.271 e. The van der Waals surface area contributed by atoms with E-state index in [0.717, 1.165) is 11.3 Å². The Morgan fingerprint density at radius 3 is 2.62 bits per heavy atom. The lowest BCUT2D eigenvalue weighted by Gasteiger charge is -2.18. The minimum absolute atomic E-state index is 0.251. The number of hydrogen-bond donors (Lipinski definition) is 1. The van der Waals surface area contributed by atoms with Crippen molar-refractivity contribution in [3.05, 3.63) is 95.5 Å². The second-order valence-corrected chi connectivity index (χ2v) is 6.45. The van der Waals surface area contributed by atoms with Crippen LogP contribution in [0.3, 0.4) is 0 Å². The Morgan fingerprint density at radius 2 is 1.88 bits per heavy atom. The monoisotopic (exact) mass is 361 g/mol. The van der Waals surface area contributed by atoms with Crippen molar-refractivity contribution in [1.82, 2.24) is 15.3 Å². The average Bonchev–Trinajstić information content (AvgIpc) is 3.39. The number of furan rings is 1. The highest BCUT2D eigenvalue weighted by molar-refractivity contribution is 7.13. The molecule has 1 amide bonds. The van der Waals surface area contributed by atoms with Crippen molar-refractivity contribution in [3.8, 4) is 10.8 Å². The van der Waals surface area contributed by atoms with E-state index in [-0.39, 0.29) is 11.9 Å². The molecule has 1 N–H and O–H groups in total. The topological polar surface area (TPSA) is 68.0 Å². The molecule has 6 heteroatoms. The van der Waals surface area contributed by atoms with E-state index in [4.69, 9.17) is 4.42 Å². The Labute approximate surface area is 154 Å². The summed E-state index contributed by atoms with van der Waals surface area (Å²) >= 11 is 1.37. The van der Waals surface area contributed by atoms with Crippen molar-refractivity contribution in [3.63, 3.8) is 0 Å². The number of nitrogens with one attached hydrogen (secondary N) is 1. The van der Waals surface area contributed by atoms with Gasteiger partial charge in [-0.25, -0.2) is 4.98 Å². The number of pyridine rings is 1. The highest BCUT2D eigenvalue weighted by atomic mass is 32.1. The van der Waals surface area contributed by atoms with Gasteiger partial charge in [0.2, 0.25) is 0 Å². The quantitative estimate of drug-likeness (QED) is 0.575. The summed E-state index contributed by atoms with van der Waals surface area (Å²) in [6.45, 7) is 0. The zero-order valence-electron chi connectivity index (χ0n) is 13.7. The van der Waals surface area contributed by atoms with E-state index < -0.39 is 0 Å². The summed E-state index contributed by atoms with van der Waals surface area (Å²) in [4.78, 5) is 21.5. The number of aromatic nitrogens is 2. The van der Waals surface area contributed by atoms with Gasteiger partial charge in [0.15, 0.2) is 10.8 Å². The first-order valence-electron chi connectivity index (χ1n) is 8.07. The van der Waals surface area contributed by atoms with Gasteiger partial charge in [-0.3, -0.25) is 9.78 Å². The maximum Gasteiger partial charge on any atom is 0.271 e. The molecule has 4 aromatic rings. The van der Waals surface area contributed by atoms with E-state index in [1.54, 1.807) is 23.9 Å².